The zero-order valence-electron chi connectivity index (χ0n) is 10.9. The number of nitrogens with zero attached hydrogens (tertiary/aromatic N) is 1. The third kappa shape index (κ3) is 1.93. The maximum atomic E-state index is 12.1. The molecule has 1 heterocycles. The van der Waals surface area contributed by atoms with Crippen LogP contribution in [-0.2, 0) is 9.59 Å². The third-order valence-electron chi connectivity index (χ3n) is 3.62. The fraction of sp³-hybridized carbons (Fsp3) is 0.429. The summed E-state index contributed by atoms with van der Waals surface area (Å²) in [5.41, 5.74) is 7.36. The van der Waals surface area contributed by atoms with Gasteiger partial charge in [0.15, 0.2) is 0 Å². The van der Waals surface area contributed by atoms with Crippen molar-refractivity contribution in [2.24, 2.45) is 17.6 Å². The Bertz CT molecular complexity index is 476. The molecule has 2 amide bonds. The molecule has 3 unspecified atom stereocenters. The topological polar surface area (TPSA) is 63.4 Å². The SMILES string of the molecule is CC(N)c1cccc(N2C(=O)C(C)C(C)C2=O)c1. The lowest BCUT2D eigenvalue weighted by Crippen LogP contribution is -2.30. The van der Waals surface area contributed by atoms with E-state index in [-0.39, 0.29) is 29.7 Å². The Morgan fingerprint density at radius 2 is 1.72 bits per heavy atom. The van der Waals surface area contributed by atoms with Gasteiger partial charge in [-0.2, -0.15) is 0 Å². The molecule has 1 aliphatic rings. The number of benzene rings is 1. The molecule has 0 spiro atoms. The van der Waals surface area contributed by atoms with Crippen LogP contribution in [0.2, 0.25) is 0 Å². The van der Waals surface area contributed by atoms with Crippen LogP contribution in [0.5, 0.6) is 0 Å². The van der Waals surface area contributed by atoms with Crippen LogP contribution in [0.1, 0.15) is 32.4 Å². The fourth-order valence-corrected chi connectivity index (χ4v) is 2.15. The van der Waals surface area contributed by atoms with E-state index < -0.39 is 0 Å². The van der Waals surface area contributed by atoms with Gasteiger partial charge in [-0.25, -0.2) is 0 Å². The van der Waals surface area contributed by atoms with Gasteiger partial charge < -0.3 is 5.73 Å². The average molecular weight is 246 g/mol. The number of anilines is 1. The van der Waals surface area contributed by atoms with Gasteiger partial charge in [0.1, 0.15) is 0 Å². The predicted octanol–water partition coefficient (Wildman–Crippen LogP) is 1.85. The molecule has 2 rings (SSSR count). The summed E-state index contributed by atoms with van der Waals surface area (Å²) in [7, 11) is 0. The molecular weight excluding hydrogens is 228 g/mol. The van der Waals surface area contributed by atoms with E-state index in [4.69, 9.17) is 5.73 Å². The van der Waals surface area contributed by atoms with Crippen molar-refractivity contribution in [2.45, 2.75) is 26.8 Å². The summed E-state index contributed by atoms with van der Waals surface area (Å²) in [6.45, 7) is 5.46. The summed E-state index contributed by atoms with van der Waals surface area (Å²) >= 11 is 0. The van der Waals surface area contributed by atoms with Gasteiger partial charge in [0.25, 0.3) is 0 Å². The minimum atomic E-state index is -0.253. The van der Waals surface area contributed by atoms with E-state index in [2.05, 4.69) is 0 Å². The molecule has 0 saturated carbocycles. The molecule has 1 aromatic rings. The van der Waals surface area contributed by atoms with Gasteiger partial charge in [-0.3, -0.25) is 14.5 Å². The van der Waals surface area contributed by atoms with Crippen molar-refractivity contribution in [1.82, 2.24) is 0 Å². The molecule has 0 bridgehead atoms. The van der Waals surface area contributed by atoms with Crippen LogP contribution >= 0.6 is 0 Å². The maximum absolute atomic E-state index is 12.1. The second-order valence-corrected chi connectivity index (χ2v) is 4.97. The number of imide groups is 1. The molecule has 4 heteroatoms. The molecular formula is C14H18N2O2. The van der Waals surface area contributed by atoms with Crippen LogP contribution in [0.3, 0.4) is 0 Å². The maximum Gasteiger partial charge on any atom is 0.237 e. The lowest BCUT2D eigenvalue weighted by atomic mass is 10.00. The number of rotatable bonds is 2. The first-order valence-corrected chi connectivity index (χ1v) is 6.17. The summed E-state index contributed by atoms with van der Waals surface area (Å²) in [5.74, 6) is -0.767. The van der Waals surface area contributed by atoms with Crippen molar-refractivity contribution in [3.05, 3.63) is 29.8 Å². The molecule has 2 N–H and O–H groups in total. The van der Waals surface area contributed by atoms with Crippen molar-refractivity contribution in [1.29, 1.82) is 0 Å². The largest absolute Gasteiger partial charge is 0.324 e. The van der Waals surface area contributed by atoms with Gasteiger partial charge in [0.2, 0.25) is 11.8 Å². The van der Waals surface area contributed by atoms with Crippen molar-refractivity contribution in [3.63, 3.8) is 0 Å². The lowest BCUT2D eigenvalue weighted by molar-refractivity contribution is -0.122. The van der Waals surface area contributed by atoms with Gasteiger partial charge >= 0.3 is 0 Å². The minimum absolute atomic E-state index is 0.118. The summed E-state index contributed by atoms with van der Waals surface area (Å²) in [5, 5.41) is 0. The molecule has 1 aromatic carbocycles. The monoisotopic (exact) mass is 246 g/mol. The Kier molecular flexibility index (Phi) is 3.22. The van der Waals surface area contributed by atoms with Gasteiger partial charge in [-0.1, -0.05) is 26.0 Å². The standard InChI is InChI=1S/C14H18N2O2/c1-8-9(2)14(18)16(13(8)17)12-6-4-5-11(7-12)10(3)15/h4-10H,15H2,1-3H3. The zero-order chi connectivity index (χ0) is 13.4. The highest BCUT2D eigenvalue weighted by atomic mass is 16.2. The average Bonchev–Trinajstić information content (AvgIpc) is 2.54. The highest BCUT2D eigenvalue weighted by molar-refractivity contribution is 6.21. The van der Waals surface area contributed by atoms with Crippen molar-refractivity contribution >= 4 is 17.5 Å². The molecule has 1 saturated heterocycles. The van der Waals surface area contributed by atoms with Gasteiger partial charge in [0.05, 0.1) is 5.69 Å². The van der Waals surface area contributed by atoms with E-state index in [0.717, 1.165) is 5.56 Å². The molecule has 3 atom stereocenters. The summed E-state index contributed by atoms with van der Waals surface area (Å²) in [6.07, 6.45) is 0. The molecule has 0 radical (unpaired) electrons. The first-order valence-electron chi connectivity index (χ1n) is 6.17. The van der Waals surface area contributed by atoms with E-state index >= 15 is 0 Å². The number of hydrogen-bond acceptors (Lipinski definition) is 3. The first kappa shape index (κ1) is 12.8. The Balaban J connectivity index is 2.40. The highest BCUT2D eigenvalue weighted by Gasteiger charge is 2.43. The van der Waals surface area contributed by atoms with Crippen LogP contribution < -0.4 is 10.6 Å². The lowest BCUT2D eigenvalue weighted by Gasteiger charge is -2.16. The number of nitrogens with two attached hydrogens (primary N) is 1. The quantitative estimate of drug-likeness (QED) is 0.810. The van der Waals surface area contributed by atoms with E-state index in [0.29, 0.717) is 5.69 Å². The Morgan fingerprint density at radius 3 is 2.22 bits per heavy atom. The van der Waals surface area contributed by atoms with E-state index in [1.165, 1.54) is 4.90 Å². The van der Waals surface area contributed by atoms with E-state index in [9.17, 15) is 9.59 Å². The zero-order valence-corrected chi connectivity index (χ0v) is 10.9. The molecule has 4 nitrogen and oxygen atoms in total. The first-order chi connectivity index (χ1) is 8.43. The molecule has 0 aliphatic carbocycles. The predicted molar refractivity (Wildman–Crippen MR) is 69.9 cm³/mol. The summed E-state index contributed by atoms with van der Waals surface area (Å²) in [4.78, 5) is 25.4. The van der Waals surface area contributed by atoms with Crippen molar-refractivity contribution < 1.29 is 9.59 Å². The molecule has 96 valence electrons. The van der Waals surface area contributed by atoms with E-state index in [1.54, 1.807) is 19.9 Å². The van der Waals surface area contributed by atoms with Crippen molar-refractivity contribution in [3.8, 4) is 0 Å². The van der Waals surface area contributed by atoms with Crippen LogP contribution in [0, 0.1) is 11.8 Å². The normalized spacial score (nSPS) is 25.7. The number of carbonyl (C=O) groups is 2. The Hall–Kier alpha value is -1.68. The number of carbonyl (C=O) groups excluding carboxylic acids is 2. The summed E-state index contributed by atoms with van der Waals surface area (Å²) < 4.78 is 0. The van der Waals surface area contributed by atoms with Crippen LogP contribution in [0.4, 0.5) is 5.69 Å². The Labute approximate surface area is 107 Å². The minimum Gasteiger partial charge on any atom is -0.324 e. The van der Waals surface area contributed by atoms with E-state index in [1.807, 2.05) is 25.1 Å². The molecule has 0 aromatic heterocycles. The van der Waals surface area contributed by atoms with Crippen LogP contribution in [0.25, 0.3) is 0 Å². The molecule has 18 heavy (non-hydrogen) atoms. The fourth-order valence-electron chi connectivity index (χ4n) is 2.15. The number of amides is 2. The van der Waals surface area contributed by atoms with Crippen LogP contribution in [-0.4, -0.2) is 11.8 Å². The second kappa shape index (κ2) is 4.53. The second-order valence-electron chi connectivity index (χ2n) is 4.97. The third-order valence-corrected chi connectivity index (χ3v) is 3.62. The summed E-state index contributed by atoms with van der Waals surface area (Å²) in [6, 6.07) is 7.18. The van der Waals surface area contributed by atoms with Crippen molar-refractivity contribution in [2.75, 3.05) is 4.90 Å². The highest BCUT2D eigenvalue weighted by Crippen LogP contribution is 2.31. The van der Waals surface area contributed by atoms with Gasteiger partial charge in [0, 0.05) is 17.9 Å². The molecule has 1 fully saturated rings. The smallest absolute Gasteiger partial charge is 0.237 e. The van der Waals surface area contributed by atoms with Gasteiger partial charge in [-0.05, 0) is 24.6 Å². The van der Waals surface area contributed by atoms with Gasteiger partial charge in [-0.15, -0.1) is 0 Å². The molecule has 1 aliphatic heterocycles. The van der Waals surface area contributed by atoms with Crippen LogP contribution in [0.15, 0.2) is 24.3 Å². The Morgan fingerprint density at radius 1 is 1.17 bits per heavy atom. The number of hydrogen-bond donors (Lipinski definition) is 1.